The summed E-state index contributed by atoms with van der Waals surface area (Å²) in [6.45, 7) is 0.153. The van der Waals surface area contributed by atoms with Crippen molar-refractivity contribution in [3.8, 4) is 12.3 Å². The number of carbonyl (C=O) groups is 2. The summed E-state index contributed by atoms with van der Waals surface area (Å²) in [5.74, 6) is 1.33. The highest BCUT2D eigenvalue weighted by Crippen LogP contribution is 2.25. The van der Waals surface area contributed by atoms with Gasteiger partial charge in [-0.05, 0) is 41.1 Å². The molecule has 5 aromatic rings. The van der Waals surface area contributed by atoms with E-state index in [1.807, 2.05) is 30.3 Å². The van der Waals surface area contributed by atoms with Gasteiger partial charge in [0.05, 0.1) is 29.4 Å². The molecule has 8 heteroatoms. The van der Waals surface area contributed by atoms with Gasteiger partial charge in [0.1, 0.15) is 11.1 Å². The number of thiazole rings is 1. The monoisotopic (exact) mass is 468 g/mol. The van der Waals surface area contributed by atoms with E-state index in [4.69, 9.17) is 15.6 Å². The van der Waals surface area contributed by atoms with Crippen molar-refractivity contribution in [1.29, 1.82) is 0 Å². The molecule has 5 rings (SSSR count). The molecule has 34 heavy (non-hydrogen) atoms. The molecule has 0 saturated heterocycles. The van der Waals surface area contributed by atoms with Crippen LogP contribution in [0.4, 0.5) is 0 Å². The van der Waals surface area contributed by atoms with Crippen LogP contribution in [0, 0.1) is 12.3 Å². The van der Waals surface area contributed by atoms with Crippen molar-refractivity contribution < 1.29 is 18.7 Å². The summed E-state index contributed by atoms with van der Waals surface area (Å²) in [5.41, 5.74) is 0.514. The number of benzene rings is 3. The maximum absolute atomic E-state index is 13.1. The summed E-state index contributed by atoms with van der Waals surface area (Å²) in [6.07, 6.45) is 5.53. The number of nitrogens with zero attached hydrogens (tertiary/aromatic N) is 2. The fourth-order valence-electron chi connectivity index (χ4n) is 3.82. The van der Waals surface area contributed by atoms with Crippen LogP contribution < -0.4 is 10.4 Å². The first-order chi connectivity index (χ1) is 16.5. The second-order valence-corrected chi connectivity index (χ2v) is 8.42. The van der Waals surface area contributed by atoms with E-state index < -0.39 is 17.5 Å². The Bertz CT molecular complexity index is 1800. The number of ether oxygens (including phenoxy) is 1. The van der Waals surface area contributed by atoms with Crippen LogP contribution in [-0.2, 0) is 11.3 Å². The molecule has 0 radical (unpaired) electrons. The molecule has 0 aliphatic carbocycles. The zero-order valence-corrected chi connectivity index (χ0v) is 18.7. The van der Waals surface area contributed by atoms with Crippen LogP contribution in [0.5, 0.6) is 0 Å². The van der Waals surface area contributed by atoms with Crippen molar-refractivity contribution in [2.24, 2.45) is 4.99 Å². The molecule has 0 unspecified atom stereocenters. The van der Waals surface area contributed by atoms with E-state index in [2.05, 4.69) is 10.9 Å². The van der Waals surface area contributed by atoms with Crippen LogP contribution in [0.1, 0.15) is 20.7 Å². The van der Waals surface area contributed by atoms with E-state index in [1.165, 1.54) is 24.5 Å². The van der Waals surface area contributed by atoms with Crippen molar-refractivity contribution in [3.63, 3.8) is 0 Å². The number of rotatable bonds is 3. The molecule has 0 aliphatic heterocycles. The van der Waals surface area contributed by atoms with E-state index in [0.29, 0.717) is 31.6 Å². The SMILES string of the molecule is C#CCn1c(=NC(=O)c2cc3c(ccc4ccccc43)oc2=O)sc2cc(C(=O)OC)ccc21. The number of esters is 1. The first-order valence-electron chi connectivity index (χ1n) is 10.2. The lowest BCUT2D eigenvalue weighted by Gasteiger charge is -2.04. The standard InChI is InChI=1S/C26H16N2O5S/c1-3-12-28-20-10-8-16(24(30)32-2)13-22(20)34-26(28)27-23(29)19-14-18-17-7-5-4-6-15(17)9-11-21(18)33-25(19)31/h1,4-11,13-14H,12H2,2H3. The molecule has 0 aliphatic rings. The van der Waals surface area contributed by atoms with Crippen molar-refractivity contribution in [2.75, 3.05) is 7.11 Å². The smallest absolute Gasteiger partial charge is 0.349 e. The number of aromatic nitrogens is 1. The van der Waals surface area contributed by atoms with Crippen molar-refractivity contribution in [2.45, 2.75) is 6.54 Å². The number of terminal acetylenes is 1. The second kappa shape index (κ2) is 8.46. The highest BCUT2D eigenvalue weighted by atomic mass is 32.1. The van der Waals surface area contributed by atoms with Crippen molar-refractivity contribution in [1.82, 2.24) is 4.57 Å². The molecule has 2 heterocycles. The highest BCUT2D eigenvalue weighted by Gasteiger charge is 2.16. The highest BCUT2D eigenvalue weighted by molar-refractivity contribution is 7.16. The normalized spacial score (nSPS) is 11.7. The molecule has 7 nitrogen and oxygen atoms in total. The van der Waals surface area contributed by atoms with E-state index in [9.17, 15) is 14.4 Å². The maximum atomic E-state index is 13.1. The van der Waals surface area contributed by atoms with Crippen molar-refractivity contribution >= 4 is 55.2 Å². The van der Waals surface area contributed by atoms with Gasteiger partial charge in [0.25, 0.3) is 5.91 Å². The summed E-state index contributed by atoms with van der Waals surface area (Å²) in [4.78, 5) is 42.1. The Kier molecular flexibility index (Phi) is 5.32. The fraction of sp³-hybridized carbons (Fsp3) is 0.0769. The lowest BCUT2D eigenvalue weighted by molar-refractivity contribution is 0.0600. The third kappa shape index (κ3) is 3.58. The molecule has 0 spiro atoms. The molecule has 166 valence electrons. The van der Waals surface area contributed by atoms with E-state index in [-0.39, 0.29) is 12.1 Å². The van der Waals surface area contributed by atoms with Crippen molar-refractivity contribution in [3.05, 3.63) is 87.0 Å². The van der Waals surface area contributed by atoms with Crippen LogP contribution in [0.3, 0.4) is 0 Å². The fourth-order valence-corrected chi connectivity index (χ4v) is 4.88. The molecule has 3 aromatic carbocycles. The molecule has 0 saturated carbocycles. The van der Waals surface area contributed by atoms with Gasteiger partial charge >= 0.3 is 11.6 Å². The molecular formula is C26H16N2O5S. The number of carbonyl (C=O) groups excluding carboxylic acids is 2. The zero-order valence-electron chi connectivity index (χ0n) is 17.9. The minimum atomic E-state index is -0.769. The van der Waals surface area contributed by atoms with Crippen LogP contribution in [0.2, 0.25) is 0 Å². The van der Waals surface area contributed by atoms with Crippen LogP contribution in [0.15, 0.2) is 74.9 Å². The van der Waals surface area contributed by atoms with Crippen LogP contribution in [-0.4, -0.2) is 23.6 Å². The third-order valence-corrected chi connectivity index (χ3v) is 6.46. The largest absolute Gasteiger partial charge is 0.465 e. The Hall–Kier alpha value is -4.48. The minimum absolute atomic E-state index is 0.153. The Labute approximate surface area is 196 Å². The molecule has 1 amide bonds. The van der Waals surface area contributed by atoms with Crippen LogP contribution in [0.25, 0.3) is 32.0 Å². The van der Waals surface area contributed by atoms with Crippen LogP contribution >= 0.6 is 11.3 Å². The van der Waals surface area contributed by atoms with E-state index in [0.717, 1.165) is 10.8 Å². The summed E-state index contributed by atoms with van der Waals surface area (Å²) in [6, 6.07) is 17.7. The molecule has 0 atom stereocenters. The average Bonchev–Trinajstić information content (AvgIpc) is 3.19. The third-order valence-electron chi connectivity index (χ3n) is 5.42. The average molecular weight is 468 g/mol. The molecule has 0 N–H and O–H groups in total. The number of amides is 1. The molecule has 2 aromatic heterocycles. The number of hydrogen-bond acceptors (Lipinski definition) is 6. The van der Waals surface area contributed by atoms with Gasteiger partial charge in [0, 0.05) is 5.39 Å². The number of hydrogen-bond donors (Lipinski definition) is 0. The summed E-state index contributed by atoms with van der Waals surface area (Å²) >= 11 is 1.18. The summed E-state index contributed by atoms with van der Waals surface area (Å²) < 4.78 is 12.6. The second-order valence-electron chi connectivity index (χ2n) is 7.41. The first kappa shape index (κ1) is 21.4. The maximum Gasteiger partial charge on any atom is 0.349 e. The Morgan fingerprint density at radius 1 is 1.12 bits per heavy atom. The molecule has 0 bridgehead atoms. The van der Waals surface area contributed by atoms with E-state index in [1.54, 1.807) is 28.8 Å². The van der Waals surface area contributed by atoms with Gasteiger partial charge in [0.15, 0.2) is 4.80 Å². The first-order valence-corrected chi connectivity index (χ1v) is 11.0. The Morgan fingerprint density at radius 2 is 1.94 bits per heavy atom. The topological polar surface area (TPSA) is 90.9 Å². The molecular weight excluding hydrogens is 452 g/mol. The predicted molar refractivity (Wildman–Crippen MR) is 130 cm³/mol. The van der Waals surface area contributed by atoms with Gasteiger partial charge in [-0.25, -0.2) is 9.59 Å². The van der Waals surface area contributed by atoms with Gasteiger partial charge in [-0.2, -0.15) is 4.99 Å². The minimum Gasteiger partial charge on any atom is -0.465 e. The number of methoxy groups -OCH3 is 1. The lowest BCUT2D eigenvalue weighted by atomic mass is 10.0. The van der Waals surface area contributed by atoms with Gasteiger partial charge in [-0.15, -0.1) is 6.42 Å². The zero-order chi connectivity index (χ0) is 23.8. The van der Waals surface area contributed by atoms with Gasteiger partial charge in [0.2, 0.25) is 0 Å². The Morgan fingerprint density at radius 3 is 2.74 bits per heavy atom. The number of fused-ring (bicyclic) bond motifs is 4. The van der Waals surface area contributed by atoms with Gasteiger partial charge in [-0.3, -0.25) is 4.79 Å². The van der Waals surface area contributed by atoms with Gasteiger partial charge in [-0.1, -0.05) is 47.6 Å². The molecule has 0 fully saturated rings. The summed E-state index contributed by atoms with van der Waals surface area (Å²) in [7, 11) is 1.30. The predicted octanol–water partition coefficient (Wildman–Crippen LogP) is 4.12. The van der Waals surface area contributed by atoms with E-state index >= 15 is 0 Å². The summed E-state index contributed by atoms with van der Waals surface area (Å²) in [5, 5.41) is 2.46. The Balaban J connectivity index is 1.69. The quantitative estimate of drug-likeness (QED) is 0.172. The lowest BCUT2D eigenvalue weighted by Crippen LogP contribution is -2.19. The van der Waals surface area contributed by atoms with Gasteiger partial charge < -0.3 is 13.7 Å².